The SMILES string of the molecule is COc1cc(Cl)c(NC(=O)/C=C/c2ccc(F)c(Cl)c2)cc1OC. The van der Waals surface area contributed by atoms with Crippen molar-refractivity contribution in [2.45, 2.75) is 0 Å². The molecule has 0 aliphatic rings. The molecule has 0 heterocycles. The van der Waals surface area contributed by atoms with Crippen LogP contribution < -0.4 is 14.8 Å². The molecule has 0 aromatic heterocycles. The average molecular weight is 370 g/mol. The van der Waals surface area contributed by atoms with Crippen molar-refractivity contribution in [2.24, 2.45) is 0 Å². The highest BCUT2D eigenvalue weighted by Crippen LogP contribution is 2.36. The van der Waals surface area contributed by atoms with E-state index in [2.05, 4.69) is 5.32 Å². The number of halogens is 3. The van der Waals surface area contributed by atoms with Gasteiger partial charge in [-0.25, -0.2) is 4.39 Å². The van der Waals surface area contributed by atoms with Gasteiger partial charge >= 0.3 is 0 Å². The van der Waals surface area contributed by atoms with E-state index in [1.807, 2.05) is 0 Å². The molecule has 0 saturated heterocycles. The quantitative estimate of drug-likeness (QED) is 0.769. The second-order valence-electron chi connectivity index (χ2n) is 4.68. The van der Waals surface area contributed by atoms with E-state index >= 15 is 0 Å². The van der Waals surface area contributed by atoms with Gasteiger partial charge in [0, 0.05) is 18.2 Å². The van der Waals surface area contributed by atoms with Crippen molar-refractivity contribution < 1.29 is 18.7 Å². The topological polar surface area (TPSA) is 47.6 Å². The summed E-state index contributed by atoms with van der Waals surface area (Å²) in [4.78, 5) is 12.0. The van der Waals surface area contributed by atoms with Crippen LogP contribution in [0.5, 0.6) is 11.5 Å². The fourth-order valence-electron chi connectivity index (χ4n) is 1.91. The fraction of sp³-hybridized carbons (Fsp3) is 0.118. The van der Waals surface area contributed by atoms with Gasteiger partial charge in [-0.2, -0.15) is 0 Å². The molecule has 0 bridgehead atoms. The molecular formula is C17H14Cl2FNO3. The van der Waals surface area contributed by atoms with Crippen LogP contribution in [0.2, 0.25) is 10.0 Å². The van der Waals surface area contributed by atoms with E-state index < -0.39 is 11.7 Å². The lowest BCUT2D eigenvalue weighted by atomic mass is 10.2. The first-order valence-corrected chi connectivity index (χ1v) is 7.56. The number of anilines is 1. The number of amides is 1. The normalized spacial score (nSPS) is 10.7. The van der Waals surface area contributed by atoms with Crippen molar-refractivity contribution in [3.05, 3.63) is 57.8 Å². The van der Waals surface area contributed by atoms with Crippen molar-refractivity contribution >= 4 is 40.9 Å². The molecule has 0 radical (unpaired) electrons. The molecule has 1 amide bonds. The number of ether oxygens (including phenoxy) is 2. The van der Waals surface area contributed by atoms with Crippen LogP contribution in [0.4, 0.5) is 10.1 Å². The largest absolute Gasteiger partial charge is 0.493 e. The molecular weight excluding hydrogens is 356 g/mol. The predicted molar refractivity (Wildman–Crippen MR) is 93.6 cm³/mol. The zero-order valence-corrected chi connectivity index (χ0v) is 14.4. The van der Waals surface area contributed by atoms with E-state index in [0.717, 1.165) is 0 Å². The van der Waals surface area contributed by atoms with Crippen LogP contribution >= 0.6 is 23.2 Å². The molecule has 2 rings (SSSR count). The van der Waals surface area contributed by atoms with Crippen molar-refractivity contribution in [1.82, 2.24) is 0 Å². The first-order chi connectivity index (χ1) is 11.4. The van der Waals surface area contributed by atoms with Crippen LogP contribution in [0, 0.1) is 5.82 Å². The molecule has 2 aromatic carbocycles. The van der Waals surface area contributed by atoms with Crippen LogP contribution in [0.25, 0.3) is 6.08 Å². The number of carbonyl (C=O) groups is 1. The van der Waals surface area contributed by atoms with Gasteiger partial charge in [0.1, 0.15) is 5.82 Å². The molecule has 0 saturated carbocycles. The number of nitrogens with one attached hydrogen (secondary N) is 1. The second kappa shape index (κ2) is 8.04. The Balaban J connectivity index is 2.14. The van der Waals surface area contributed by atoms with Crippen LogP contribution in [-0.2, 0) is 4.79 Å². The van der Waals surface area contributed by atoms with Gasteiger partial charge in [-0.15, -0.1) is 0 Å². The third-order valence-corrected chi connectivity index (χ3v) is 3.70. The lowest BCUT2D eigenvalue weighted by Gasteiger charge is -2.11. The van der Waals surface area contributed by atoms with Crippen molar-refractivity contribution in [3.63, 3.8) is 0 Å². The van der Waals surface area contributed by atoms with Crippen LogP contribution in [-0.4, -0.2) is 20.1 Å². The van der Waals surface area contributed by atoms with E-state index in [1.54, 1.807) is 12.1 Å². The molecule has 126 valence electrons. The van der Waals surface area contributed by atoms with Crippen molar-refractivity contribution in [2.75, 3.05) is 19.5 Å². The monoisotopic (exact) mass is 369 g/mol. The minimum absolute atomic E-state index is 0.0134. The Labute approximate surface area is 148 Å². The number of hydrogen-bond donors (Lipinski definition) is 1. The molecule has 1 N–H and O–H groups in total. The van der Waals surface area contributed by atoms with E-state index in [-0.39, 0.29) is 5.02 Å². The smallest absolute Gasteiger partial charge is 0.248 e. The van der Waals surface area contributed by atoms with Crippen LogP contribution in [0.1, 0.15) is 5.56 Å². The molecule has 0 fully saturated rings. The summed E-state index contributed by atoms with van der Waals surface area (Å²) in [5.41, 5.74) is 0.969. The van der Waals surface area contributed by atoms with Gasteiger partial charge in [-0.3, -0.25) is 4.79 Å². The Morgan fingerprint density at radius 3 is 2.38 bits per heavy atom. The number of benzene rings is 2. The Morgan fingerprint density at radius 1 is 1.08 bits per heavy atom. The summed E-state index contributed by atoms with van der Waals surface area (Å²) in [6.45, 7) is 0. The minimum atomic E-state index is -0.518. The maximum atomic E-state index is 13.1. The van der Waals surface area contributed by atoms with Gasteiger partial charge in [0.15, 0.2) is 11.5 Å². The van der Waals surface area contributed by atoms with E-state index in [4.69, 9.17) is 32.7 Å². The Kier molecular flexibility index (Phi) is 6.06. The summed E-state index contributed by atoms with van der Waals surface area (Å²) >= 11 is 11.8. The third kappa shape index (κ3) is 4.40. The summed E-state index contributed by atoms with van der Waals surface area (Å²) in [7, 11) is 2.97. The van der Waals surface area contributed by atoms with Crippen LogP contribution in [0.3, 0.4) is 0 Å². The summed E-state index contributed by atoms with van der Waals surface area (Å²) in [5, 5.41) is 2.92. The summed E-state index contributed by atoms with van der Waals surface area (Å²) in [6, 6.07) is 7.25. The van der Waals surface area contributed by atoms with Crippen molar-refractivity contribution in [1.29, 1.82) is 0 Å². The molecule has 0 atom stereocenters. The van der Waals surface area contributed by atoms with Gasteiger partial charge in [0.25, 0.3) is 0 Å². The zero-order valence-electron chi connectivity index (χ0n) is 12.9. The Bertz CT molecular complexity index is 794. The maximum absolute atomic E-state index is 13.1. The molecule has 0 unspecified atom stereocenters. The summed E-state index contributed by atoms with van der Waals surface area (Å²) < 4.78 is 23.4. The number of hydrogen-bond acceptors (Lipinski definition) is 3. The molecule has 0 aliphatic heterocycles. The highest BCUT2D eigenvalue weighted by atomic mass is 35.5. The average Bonchev–Trinajstić information content (AvgIpc) is 2.57. The predicted octanol–water partition coefficient (Wildman–Crippen LogP) is 4.80. The molecule has 0 aliphatic carbocycles. The summed E-state index contributed by atoms with van der Waals surface area (Å²) in [6.07, 6.45) is 2.80. The molecule has 24 heavy (non-hydrogen) atoms. The fourth-order valence-corrected chi connectivity index (χ4v) is 2.30. The van der Waals surface area contributed by atoms with Crippen molar-refractivity contribution in [3.8, 4) is 11.5 Å². The van der Waals surface area contributed by atoms with Gasteiger partial charge in [-0.1, -0.05) is 29.3 Å². The van der Waals surface area contributed by atoms with Crippen LogP contribution in [0.15, 0.2) is 36.4 Å². The van der Waals surface area contributed by atoms with E-state index in [1.165, 1.54) is 44.6 Å². The van der Waals surface area contributed by atoms with Gasteiger partial charge in [0.2, 0.25) is 5.91 Å². The standard InChI is InChI=1S/C17H14Cl2FNO3/c1-23-15-8-12(19)14(9-16(15)24-2)21-17(22)6-4-10-3-5-13(20)11(18)7-10/h3-9H,1-2H3,(H,21,22)/b6-4+. The third-order valence-electron chi connectivity index (χ3n) is 3.10. The van der Waals surface area contributed by atoms with Gasteiger partial charge in [0.05, 0.1) is 30.0 Å². The summed E-state index contributed by atoms with van der Waals surface area (Å²) in [5.74, 6) is -0.0385. The first kappa shape index (κ1) is 18.1. The number of rotatable bonds is 5. The lowest BCUT2D eigenvalue weighted by molar-refractivity contribution is -0.111. The number of carbonyl (C=O) groups excluding carboxylic acids is 1. The lowest BCUT2D eigenvalue weighted by Crippen LogP contribution is -2.08. The second-order valence-corrected chi connectivity index (χ2v) is 5.50. The first-order valence-electron chi connectivity index (χ1n) is 6.80. The maximum Gasteiger partial charge on any atom is 0.248 e. The molecule has 2 aromatic rings. The Morgan fingerprint density at radius 2 is 1.75 bits per heavy atom. The van der Waals surface area contributed by atoms with Gasteiger partial charge < -0.3 is 14.8 Å². The van der Waals surface area contributed by atoms with E-state index in [9.17, 15) is 9.18 Å². The van der Waals surface area contributed by atoms with Gasteiger partial charge in [-0.05, 0) is 23.8 Å². The minimum Gasteiger partial charge on any atom is -0.493 e. The zero-order chi connectivity index (χ0) is 17.7. The highest BCUT2D eigenvalue weighted by molar-refractivity contribution is 6.34. The van der Waals surface area contributed by atoms with E-state index in [0.29, 0.717) is 27.8 Å². The molecule has 4 nitrogen and oxygen atoms in total. The Hall–Kier alpha value is -2.24. The molecule has 0 spiro atoms. The molecule has 7 heteroatoms. The highest BCUT2D eigenvalue weighted by Gasteiger charge is 2.11. The number of methoxy groups -OCH3 is 2.